The number of carbonyl (C=O) groups is 2. The normalized spacial score (nSPS) is 15.7. The van der Waals surface area contributed by atoms with Gasteiger partial charge in [0.15, 0.2) is 23.1 Å². The maximum atomic E-state index is 15.0. The van der Waals surface area contributed by atoms with Gasteiger partial charge in [-0.3, -0.25) is 0 Å². The summed E-state index contributed by atoms with van der Waals surface area (Å²) in [6, 6.07) is 4.55. The molecule has 0 spiro atoms. The molecule has 0 atom stereocenters. The number of nitrogens with zero attached hydrogens (tertiary/aromatic N) is 7. The van der Waals surface area contributed by atoms with Gasteiger partial charge in [0.05, 0.1) is 28.6 Å². The fourth-order valence-electron chi connectivity index (χ4n) is 4.98. The number of amides is 1. The molecule has 0 saturated carbocycles. The maximum Gasteiger partial charge on any atom is 0.435 e. The lowest BCUT2D eigenvalue weighted by atomic mass is 10.1. The smallest absolute Gasteiger partial charge is 0.435 e. The Hall–Kier alpha value is -4.75. The zero-order valence-electron chi connectivity index (χ0n) is 29.3. The number of hydrogen-bond acceptors (Lipinski definition) is 10. The summed E-state index contributed by atoms with van der Waals surface area (Å²) in [4.78, 5) is 40.6. The number of rotatable bonds is 5. The SMILES string of the molecule is [2H]C([2H])([2H])Oc1nc(C)ccc1-c1cc(Nc2cnc3c(F)cn(C4CCN(C(=O)OC(C)(C)C)CC4)c3n2)nn1C(=O)OC(C)(C)C. The van der Waals surface area contributed by atoms with Crippen LogP contribution < -0.4 is 10.1 Å². The van der Waals surface area contributed by atoms with E-state index in [0.29, 0.717) is 31.6 Å². The van der Waals surface area contributed by atoms with Crippen molar-refractivity contribution in [1.29, 1.82) is 0 Å². The van der Waals surface area contributed by atoms with Crippen LogP contribution in [0.3, 0.4) is 0 Å². The van der Waals surface area contributed by atoms with Crippen LogP contribution in [0, 0.1) is 12.7 Å². The molecule has 1 amide bonds. The van der Waals surface area contributed by atoms with Crippen molar-refractivity contribution in [1.82, 2.24) is 34.2 Å². The Morgan fingerprint density at radius 1 is 1.02 bits per heavy atom. The summed E-state index contributed by atoms with van der Waals surface area (Å²) in [6.07, 6.45) is 2.58. The highest BCUT2D eigenvalue weighted by Gasteiger charge is 2.30. The number of pyridine rings is 1. The first-order valence-corrected chi connectivity index (χ1v) is 14.5. The van der Waals surface area contributed by atoms with E-state index in [9.17, 15) is 9.59 Å². The minimum absolute atomic E-state index is 0.0762. The number of aryl methyl sites for hydroxylation is 1. The first-order valence-electron chi connectivity index (χ1n) is 16.0. The van der Waals surface area contributed by atoms with E-state index in [1.165, 1.54) is 18.5 Å². The van der Waals surface area contributed by atoms with Crippen LogP contribution in [0.25, 0.3) is 22.4 Å². The largest absolute Gasteiger partial charge is 0.480 e. The van der Waals surface area contributed by atoms with Crippen LogP contribution in [0.15, 0.2) is 30.6 Å². The molecule has 0 aliphatic carbocycles. The average molecular weight is 626 g/mol. The summed E-state index contributed by atoms with van der Waals surface area (Å²) < 4.78 is 56.7. The molecule has 4 aromatic heterocycles. The second-order valence-corrected chi connectivity index (χ2v) is 12.8. The van der Waals surface area contributed by atoms with E-state index < -0.39 is 30.2 Å². The van der Waals surface area contributed by atoms with Crippen molar-refractivity contribution in [3.8, 4) is 17.1 Å². The maximum absolute atomic E-state index is 15.0. The average Bonchev–Trinajstić information content (AvgIpc) is 3.51. The number of nitrogens with one attached hydrogen (secondary N) is 1. The standard InChI is InChI=1S/C31H39FN8O5/c1-18-9-10-20(27(34-18)43-8)22-15-23(37-40(22)29(42)45-31(5,6)7)35-24-16-33-25-21(32)17-39(26(25)36-24)19-11-13-38(14-12-19)28(41)44-30(2,3)4/h9-10,15-17,19H,11-14H2,1-8H3,(H,35,36,37)/i8D3. The number of aromatic nitrogens is 6. The summed E-state index contributed by atoms with van der Waals surface area (Å²) >= 11 is 0. The molecule has 0 bridgehead atoms. The quantitative estimate of drug-likeness (QED) is 0.271. The number of fused-ring (bicyclic) bond motifs is 1. The Balaban J connectivity index is 1.46. The third-order valence-electron chi connectivity index (χ3n) is 6.89. The first-order chi connectivity index (χ1) is 22.3. The van der Waals surface area contributed by atoms with E-state index >= 15 is 4.39 Å². The molecule has 0 aromatic carbocycles. The second-order valence-electron chi connectivity index (χ2n) is 12.8. The molecule has 1 aliphatic heterocycles. The van der Waals surface area contributed by atoms with E-state index in [1.54, 1.807) is 49.3 Å². The zero-order chi connectivity index (χ0) is 35.2. The van der Waals surface area contributed by atoms with Gasteiger partial charge in [0.2, 0.25) is 5.88 Å². The molecule has 5 heterocycles. The van der Waals surface area contributed by atoms with E-state index in [-0.39, 0.29) is 52.1 Å². The fraction of sp³-hybridized carbons (Fsp3) is 0.484. The van der Waals surface area contributed by atoms with Gasteiger partial charge in [-0.05, 0) is 73.4 Å². The Morgan fingerprint density at radius 3 is 2.38 bits per heavy atom. The highest BCUT2D eigenvalue weighted by molar-refractivity contribution is 5.82. The van der Waals surface area contributed by atoms with Crippen LogP contribution in [-0.2, 0) is 9.47 Å². The van der Waals surface area contributed by atoms with Crippen LogP contribution in [0.2, 0.25) is 0 Å². The molecule has 1 aliphatic rings. The van der Waals surface area contributed by atoms with E-state index in [4.69, 9.17) is 18.3 Å². The highest BCUT2D eigenvalue weighted by atomic mass is 19.1. The second kappa shape index (κ2) is 12.0. The summed E-state index contributed by atoms with van der Waals surface area (Å²) in [6.45, 7) is 13.1. The topological polar surface area (TPSA) is 139 Å². The monoisotopic (exact) mass is 625 g/mol. The minimum atomic E-state index is -2.81. The Kier molecular flexibility index (Phi) is 7.39. The van der Waals surface area contributed by atoms with Crippen molar-refractivity contribution in [2.45, 2.75) is 78.6 Å². The van der Waals surface area contributed by atoms with E-state index in [2.05, 4.69) is 25.4 Å². The van der Waals surface area contributed by atoms with Gasteiger partial charge in [-0.1, -0.05) is 0 Å². The number of carbonyl (C=O) groups excluding carboxylic acids is 2. The predicted octanol–water partition coefficient (Wildman–Crippen LogP) is 6.24. The summed E-state index contributed by atoms with van der Waals surface area (Å²) in [7, 11) is -2.81. The summed E-state index contributed by atoms with van der Waals surface area (Å²) in [5.74, 6) is -0.425. The zero-order valence-corrected chi connectivity index (χ0v) is 26.3. The van der Waals surface area contributed by atoms with Crippen molar-refractivity contribution in [3.63, 3.8) is 0 Å². The first kappa shape index (κ1) is 27.8. The number of methoxy groups -OCH3 is 1. The number of halogens is 1. The van der Waals surface area contributed by atoms with Gasteiger partial charge in [0.25, 0.3) is 0 Å². The van der Waals surface area contributed by atoms with Gasteiger partial charge < -0.3 is 29.0 Å². The van der Waals surface area contributed by atoms with Gasteiger partial charge >= 0.3 is 12.2 Å². The molecular formula is C31H39FN8O5. The van der Waals surface area contributed by atoms with Crippen LogP contribution >= 0.6 is 0 Å². The fourth-order valence-corrected chi connectivity index (χ4v) is 4.98. The van der Waals surface area contributed by atoms with Crippen molar-refractivity contribution in [3.05, 3.63) is 42.1 Å². The van der Waals surface area contributed by atoms with Crippen LogP contribution in [-0.4, -0.2) is 77.7 Å². The third-order valence-corrected chi connectivity index (χ3v) is 6.89. The summed E-state index contributed by atoms with van der Waals surface area (Å²) in [5, 5.41) is 7.40. The molecule has 240 valence electrons. The van der Waals surface area contributed by atoms with E-state index in [1.807, 2.05) is 20.8 Å². The number of anilines is 2. The van der Waals surface area contributed by atoms with Gasteiger partial charge in [-0.2, -0.15) is 4.68 Å². The lowest BCUT2D eigenvalue weighted by Gasteiger charge is -2.34. The highest BCUT2D eigenvalue weighted by Crippen LogP contribution is 2.33. The Labute approximate surface area is 264 Å². The van der Waals surface area contributed by atoms with Crippen LogP contribution in [0.4, 0.5) is 25.6 Å². The van der Waals surface area contributed by atoms with E-state index in [0.717, 1.165) is 4.68 Å². The summed E-state index contributed by atoms with van der Waals surface area (Å²) in [5.41, 5.74) is -0.303. The lowest BCUT2D eigenvalue weighted by Crippen LogP contribution is -2.42. The molecule has 1 fully saturated rings. The molecule has 45 heavy (non-hydrogen) atoms. The predicted molar refractivity (Wildman–Crippen MR) is 165 cm³/mol. The van der Waals surface area contributed by atoms with Gasteiger partial charge in [-0.15, -0.1) is 5.10 Å². The number of piperidine rings is 1. The molecule has 5 rings (SSSR count). The van der Waals surface area contributed by atoms with Gasteiger partial charge in [0, 0.05) is 37.1 Å². The Bertz CT molecular complexity index is 1840. The van der Waals surface area contributed by atoms with Crippen LogP contribution in [0.5, 0.6) is 5.88 Å². The molecule has 4 aromatic rings. The number of hydrogen-bond donors (Lipinski definition) is 1. The molecule has 1 N–H and O–H groups in total. The lowest BCUT2D eigenvalue weighted by molar-refractivity contribution is 0.0189. The molecular weight excluding hydrogens is 583 g/mol. The van der Waals surface area contributed by atoms with Gasteiger partial charge in [-0.25, -0.2) is 28.9 Å². The number of likely N-dealkylation sites (tertiary alicyclic amines) is 1. The van der Waals surface area contributed by atoms with Crippen LogP contribution in [0.1, 0.15) is 70.2 Å². The van der Waals surface area contributed by atoms with Crippen molar-refractivity contribution >= 4 is 35.0 Å². The van der Waals surface area contributed by atoms with Gasteiger partial charge in [0.1, 0.15) is 16.7 Å². The van der Waals surface area contributed by atoms with Crippen molar-refractivity contribution in [2.24, 2.45) is 0 Å². The Morgan fingerprint density at radius 2 is 1.71 bits per heavy atom. The van der Waals surface area contributed by atoms with Crippen molar-refractivity contribution in [2.75, 3.05) is 25.4 Å². The molecule has 13 nitrogen and oxygen atoms in total. The number of ether oxygens (including phenoxy) is 3. The molecule has 0 radical (unpaired) electrons. The van der Waals surface area contributed by atoms with Crippen molar-refractivity contribution < 1.29 is 32.3 Å². The minimum Gasteiger partial charge on any atom is -0.480 e. The molecule has 0 unspecified atom stereocenters. The third kappa shape index (κ3) is 7.15. The molecule has 1 saturated heterocycles. The molecule has 14 heteroatoms.